The number of sulfone groups is 1. The molecule has 0 aliphatic carbocycles. The molecule has 138 valence electrons. The number of anilines is 1. The van der Waals surface area contributed by atoms with Crippen LogP contribution < -0.4 is 4.90 Å². The number of hydrogen-bond acceptors (Lipinski definition) is 3. The van der Waals surface area contributed by atoms with Crippen molar-refractivity contribution in [3.8, 4) is 0 Å². The maximum absolute atomic E-state index is 13.9. The molecule has 0 fully saturated rings. The van der Waals surface area contributed by atoms with Crippen LogP contribution in [0.5, 0.6) is 0 Å². The summed E-state index contributed by atoms with van der Waals surface area (Å²) in [5.74, 6) is -3.24. The number of para-hydroxylation sites is 1. The lowest BCUT2D eigenvalue weighted by molar-refractivity contribution is -0.116. The molecule has 0 aromatic heterocycles. The van der Waals surface area contributed by atoms with Crippen molar-refractivity contribution >= 4 is 21.4 Å². The van der Waals surface area contributed by atoms with Gasteiger partial charge in [-0.05, 0) is 43.5 Å². The maximum Gasteiger partial charge on any atom is 0.242 e. The lowest BCUT2D eigenvalue weighted by Crippen LogP contribution is -2.40. The lowest BCUT2D eigenvalue weighted by Gasteiger charge is -2.29. The Hall–Kier alpha value is -2.28. The van der Waals surface area contributed by atoms with E-state index in [1.54, 1.807) is 12.1 Å². The van der Waals surface area contributed by atoms with Crippen molar-refractivity contribution in [1.29, 1.82) is 0 Å². The Labute approximate surface area is 151 Å². The summed E-state index contributed by atoms with van der Waals surface area (Å²) in [7, 11) is -4.08. The number of rotatable bonds is 4. The SMILES string of the molecule is C[C@@H](c1c(F)cccc1F)S(=O)(=O)CC(=O)N1CCCc2ccccc21. The molecule has 2 aromatic carbocycles. The van der Waals surface area contributed by atoms with Gasteiger partial charge in [-0.3, -0.25) is 4.79 Å². The van der Waals surface area contributed by atoms with Gasteiger partial charge in [0.2, 0.25) is 5.91 Å². The first-order valence-corrected chi connectivity index (χ1v) is 10.1. The van der Waals surface area contributed by atoms with Crippen molar-refractivity contribution < 1.29 is 22.0 Å². The van der Waals surface area contributed by atoms with Crippen molar-refractivity contribution in [1.82, 2.24) is 0 Å². The highest BCUT2D eigenvalue weighted by molar-refractivity contribution is 7.92. The van der Waals surface area contributed by atoms with Crippen LogP contribution in [0.3, 0.4) is 0 Å². The van der Waals surface area contributed by atoms with Gasteiger partial charge in [0, 0.05) is 17.8 Å². The molecule has 0 N–H and O–H groups in total. The van der Waals surface area contributed by atoms with Crippen LogP contribution in [0.25, 0.3) is 0 Å². The van der Waals surface area contributed by atoms with E-state index >= 15 is 0 Å². The third-order valence-corrected chi connectivity index (χ3v) is 6.64. The van der Waals surface area contributed by atoms with E-state index in [1.165, 1.54) is 17.9 Å². The van der Waals surface area contributed by atoms with Gasteiger partial charge in [0.25, 0.3) is 0 Å². The van der Waals surface area contributed by atoms with Gasteiger partial charge < -0.3 is 4.90 Å². The van der Waals surface area contributed by atoms with Gasteiger partial charge in [-0.2, -0.15) is 0 Å². The second-order valence-electron chi connectivity index (χ2n) is 6.36. The van der Waals surface area contributed by atoms with E-state index in [0.717, 1.165) is 30.5 Å². The zero-order valence-corrected chi connectivity index (χ0v) is 15.1. The van der Waals surface area contributed by atoms with Gasteiger partial charge in [0.15, 0.2) is 9.84 Å². The predicted octanol–water partition coefficient (Wildman–Crippen LogP) is 3.42. The molecular weight excluding hydrogens is 360 g/mol. The fourth-order valence-corrected chi connectivity index (χ4v) is 4.58. The smallest absolute Gasteiger partial charge is 0.242 e. The van der Waals surface area contributed by atoms with Crippen LogP contribution >= 0.6 is 0 Å². The van der Waals surface area contributed by atoms with Crippen LogP contribution in [0.4, 0.5) is 14.5 Å². The normalized spacial score (nSPS) is 15.4. The van der Waals surface area contributed by atoms with Gasteiger partial charge >= 0.3 is 0 Å². The number of aryl methyl sites for hydroxylation is 1. The second kappa shape index (κ2) is 7.15. The van der Waals surface area contributed by atoms with Crippen molar-refractivity contribution in [2.75, 3.05) is 17.2 Å². The van der Waals surface area contributed by atoms with Crippen LogP contribution in [0.2, 0.25) is 0 Å². The molecule has 3 rings (SSSR count). The van der Waals surface area contributed by atoms with Gasteiger partial charge in [-0.1, -0.05) is 24.3 Å². The number of carbonyl (C=O) groups excluding carboxylic acids is 1. The summed E-state index contributed by atoms with van der Waals surface area (Å²) in [6, 6.07) is 10.5. The van der Waals surface area contributed by atoms with Crippen molar-refractivity contribution in [2.45, 2.75) is 25.0 Å². The quantitative estimate of drug-likeness (QED) is 0.818. The van der Waals surface area contributed by atoms with Crippen LogP contribution in [0, 0.1) is 11.6 Å². The van der Waals surface area contributed by atoms with E-state index in [4.69, 9.17) is 0 Å². The summed E-state index contributed by atoms with van der Waals surface area (Å²) < 4.78 is 53.1. The van der Waals surface area contributed by atoms with Crippen molar-refractivity contribution in [3.05, 3.63) is 65.2 Å². The molecule has 4 nitrogen and oxygen atoms in total. The predicted molar refractivity (Wildman–Crippen MR) is 95.7 cm³/mol. The molecule has 26 heavy (non-hydrogen) atoms. The standard InChI is InChI=1S/C19H19F2NO3S/c1-13(19-15(20)8-4-9-16(19)21)26(24,25)12-18(23)22-11-5-7-14-6-2-3-10-17(14)22/h2-4,6,8-10,13H,5,7,11-12H2,1H3/t13-/m0/s1. The summed E-state index contributed by atoms with van der Waals surface area (Å²) in [4.78, 5) is 14.1. The topological polar surface area (TPSA) is 54.5 Å². The van der Waals surface area contributed by atoms with Crippen molar-refractivity contribution in [3.63, 3.8) is 0 Å². The van der Waals surface area contributed by atoms with E-state index in [2.05, 4.69) is 0 Å². The van der Waals surface area contributed by atoms with Gasteiger partial charge in [0.05, 0.1) is 5.25 Å². The minimum absolute atomic E-state index is 0.424. The van der Waals surface area contributed by atoms with E-state index < -0.39 is 43.9 Å². The molecule has 1 atom stereocenters. The first-order chi connectivity index (χ1) is 12.3. The summed E-state index contributed by atoms with van der Waals surface area (Å²) in [5, 5.41) is -1.45. The van der Waals surface area contributed by atoms with Crippen LogP contribution in [0.15, 0.2) is 42.5 Å². The van der Waals surface area contributed by atoms with E-state index in [9.17, 15) is 22.0 Å². The zero-order valence-electron chi connectivity index (χ0n) is 14.3. The highest BCUT2D eigenvalue weighted by Gasteiger charge is 2.33. The summed E-state index contributed by atoms with van der Waals surface area (Å²) in [6.07, 6.45) is 1.56. The minimum atomic E-state index is -4.08. The molecule has 1 aliphatic heterocycles. The fraction of sp³-hybridized carbons (Fsp3) is 0.316. The Bertz CT molecular complexity index is 923. The van der Waals surface area contributed by atoms with Gasteiger partial charge in [-0.25, -0.2) is 17.2 Å². The molecule has 0 saturated carbocycles. The molecule has 0 bridgehead atoms. The van der Waals surface area contributed by atoms with Crippen molar-refractivity contribution in [2.24, 2.45) is 0 Å². The number of nitrogens with zero attached hydrogens (tertiary/aromatic N) is 1. The molecule has 0 unspecified atom stereocenters. The Kier molecular flexibility index (Phi) is 5.09. The minimum Gasteiger partial charge on any atom is -0.311 e. The number of fused-ring (bicyclic) bond motifs is 1. The molecule has 2 aromatic rings. The molecule has 0 saturated heterocycles. The molecule has 1 heterocycles. The molecule has 1 aliphatic rings. The fourth-order valence-electron chi connectivity index (χ4n) is 3.25. The zero-order chi connectivity index (χ0) is 18.9. The van der Waals surface area contributed by atoms with E-state index in [-0.39, 0.29) is 0 Å². The second-order valence-corrected chi connectivity index (χ2v) is 8.68. The summed E-state index contributed by atoms with van der Waals surface area (Å²) in [5.41, 5.74) is 1.15. The average Bonchev–Trinajstić information content (AvgIpc) is 2.60. The van der Waals surface area contributed by atoms with E-state index in [1.807, 2.05) is 12.1 Å². The Morgan fingerprint density at radius 2 is 1.77 bits per heavy atom. The van der Waals surface area contributed by atoms with Gasteiger partial charge in [0.1, 0.15) is 17.4 Å². The Morgan fingerprint density at radius 1 is 1.12 bits per heavy atom. The first kappa shape index (κ1) is 18.5. The Balaban J connectivity index is 1.85. The average molecular weight is 379 g/mol. The number of carbonyl (C=O) groups is 1. The molecular formula is C19H19F2NO3S. The molecule has 1 amide bonds. The van der Waals surface area contributed by atoms with Crippen LogP contribution in [0.1, 0.15) is 29.7 Å². The number of hydrogen-bond donors (Lipinski definition) is 0. The summed E-state index contributed by atoms with van der Waals surface area (Å²) >= 11 is 0. The first-order valence-electron chi connectivity index (χ1n) is 8.35. The molecule has 0 spiro atoms. The van der Waals surface area contributed by atoms with Crippen LogP contribution in [-0.2, 0) is 21.1 Å². The highest BCUT2D eigenvalue weighted by Crippen LogP contribution is 2.30. The number of benzene rings is 2. The monoisotopic (exact) mass is 379 g/mol. The maximum atomic E-state index is 13.9. The highest BCUT2D eigenvalue weighted by atomic mass is 32.2. The van der Waals surface area contributed by atoms with E-state index in [0.29, 0.717) is 12.2 Å². The largest absolute Gasteiger partial charge is 0.311 e. The number of halogens is 2. The lowest BCUT2D eigenvalue weighted by atomic mass is 10.0. The third-order valence-electron chi connectivity index (χ3n) is 4.68. The summed E-state index contributed by atoms with van der Waals surface area (Å²) in [6.45, 7) is 1.63. The molecule has 7 heteroatoms. The third kappa shape index (κ3) is 3.49. The molecule has 0 radical (unpaired) electrons. The number of amides is 1. The van der Waals surface area contributed by atoms with Crippen LogP contribution in [-0.4, -0.2) is 26.6 Å². The Morgan fingerprint density at radius 3 is 2.46 bits per heavy atom. The van der Waals surface area contributed by atoms with Gasteiger partial charge in [-0.15, -0.1) is 0 Å².